The molecule has 1 heterocycles. The van der Waals surface area contributed by atoms with Crippen LogP contribution in [-0.2, 0) is 19.6 Å². The molecule has 0 atom stereocenters. The topological polar surface area (TPSA) is 105 Å². The summed E-state index contributed by atoms with van der Waals surface area (Å²) in [5.74, 6) is -1.76. The largest absolute Gasteiger partial charge is 0.482 e. The summed E-state index contributed by atoms with van der Waals surface area (Å²) in [5, 5.41) is 0. The standard InChI is InChI=1S/C16H14FN3O5S/c17-11-5-1-4-8-14(11)26(23,24)19-18-15(21)9-20-12-6-2-3-7-13(12)25-10-16(20)22/h1-8,19H,9-10H2,(H,18,21). The molecule has 3 rings (SSSR count). The van der Waals surface area contributed by atoms with E-state index in [-0.39, 0.29) is 6.61 Å². The Hall–Kier alpha value is -2.98. The Balaban J connectivity index is 1.68. The first-order valence-corrected chi connectivity index (χ1v) is 8.94. The van der Waals surface area contributed by atoms with E-state index in [9.17, 15) is 22.4 Å². The zero-order chi connectivity index (χ0) is 18.7. The van der Waals surface area contributed by atoms with Gasteiger partial charge in [0.1, 0.15) is 23.0 Å². The number of nitrogens with one attached hydrogen (secondary N) is 2. The number of amides is 2. The summed E-state index contributed by atoms with van der Waals surface area (Å²) < 4.78 is 42.9. The van der Waals surface area contributed by atoms with Gasteiger partial charge in [0.2, 0.25) is 0 Å². The molecule has 0 fully saturated rings. The minimum Gasteiger partial charge on any atom is -0.482 e. The predicted molar refractivity (Wildman–Crippen MR) is 89.2 cm³/mol. The highest BCUT2D eigenvalue weighted by atomic mass is 32.2. The maximum atomic E-state index is 13.6. The van der Waals surface area contributed by atoms with E-state index in [1.807, 2.05) is 10.3 Å². The monoisotopic (exact) mass is 379 g/mol. The van der Waals surface area contributed by atoms with E-state index in [4.69, 9.17) is 4.74 Å². The molecule has 1 aliphatic rings. The summed E-state index contributed by atoms with van der Waals surface area (Å²) in [6.07, 6.45) is 0. The smallest absolute Gasteiger partial charge is 0.265 e. The molecule has 0 radical (unpaired) electrons. The fraction of sp³-hybridized carbons (Fsp3) is 0.125. The molecule has 0 unspecified atom stereocenters. The van der Waals surface area contributed by atoms with Crippen LogP contribution in [0.3, 0.4) is 0 Å². The van der Waals surface area contributed by atoms with Gasteiger partial charge in [-0.1, -0.05) is 24.3 Å². The Morgan fingerprint density at radius 2 is 1.85 bits per heavy atom. The Kier molecular flexibility index (Phi) is 4.87. The Morgan fingerprint density at radius 1 is 1.15 bits per heavy atom. The molecule has 0 spiro atoms. The predicted octanol–water partition coefficient (Wildman–Crippen LogP) is 0.561. The third kappa shape index (κ3) is 3.65. The molecule has 2 amide bonds. The molecule has 0 aromatic heterocycles. The summed E-state index contributed by atoms with van der Waals surface area (Å²) in [7, 11) is -4.29. The number of carbonyl (C=O) groups is 2. The number of anilines is 1. The summed E-state index contributed by atoms with van der Waals surface area (Å²) in [4.78, 5) is 26.4. The number of hydrogen-bond donors (Lipinski definition) is 2. The van der Waals surface area contributed by atoms with Gasteiger partial charge in [0.05, 0.1) is 5.69 Å². The highest BCUT2D eigenvalue weighted by Gasteiger charge is 2.27. The molecule has 0 saturated carbocycles. The van der Waals surface area contributed by atoms with Crippen molar-refractivity contribution in [3.05, 3.63) is 54.3 Å². The van der Waals surface area contributed by atoms with Gasteiger partial charge in [-0.2, -0.15) is 0 Å². The first kappa shape index (κ1) is 17.8. The molecule has 136 valence electrons. The summed E-state index contributed by atoms with van der Waals surface area (Å²) >= 11 is 0. The van der Waals surface area contributed by atoms with Gasteiger partial charge in [0, 0.05) is 0 Å². The minimum absolute atomic E-state index is 0.231. The Labute approximate surface area is 148 Å². The van der Waals surface area contributed by atoms with E-state index >= 15 is 0 Å². The van der Waals surface area contributed by atoms with Crippen LogP contribution in [-0.4, -0.2) is 33.4 Å². The highest BCUT2D eigenvalue weighted by Crippen LogP contribution is 2.31. The Morgan fingerprint density at radius 3 is 2.62 bits per heavy atom. The number of halogens is 1. The second-order valence-corrected chi connectivity index (χ2v) is 6.97. The van der Waals surface area contributed by atoms with E-state index in [2.05, 4.69) is 0 Å². The van der Waals surface area contributed by atoms with Crippen LogP contribution in [0.5, 0.6) is 5.75 Å². The number of rotatable bonds is 5. The maximum absolute atomic E-state index is 13.6. The number of fused-ring (bicyclic) bond motifs is 1. The zero-order valence-electron chi connectivity index (χ0n) is 13.3. The van der Waals surface area contributed by atoms with Crippen LogP contribution in [0.15, 0.2) is 53.4 Å². The molecule has 8 nitrogen and oxygen atoms in total. The molecule has 2 N–H and O–H groups in total. The van der Waals surface area contributed by atoms with Crippen LogP contribution in [0, 0.1) is 5.82 Å². The number of sulfonamides is 1. The van der Waals surface area contributed by atoms with E-state index in [1.54, 1.807) is 24.3 Å². The second-order valence-electron chi connectivity index (χ2n) is 5.32. The van der Waals surface area contributed by atoms with Crippen molar-refractivity contribution >= 4 is 27.5 Å². The SMILES string of the molecule is O=C(CN1C(=O)COc2ccccc21)NNS(=O)(=O)c1ccccc1F. The van der Waals surface area contributed by atoms with Crippen molar-refractivity contribution in [2.75, 3.05) is 18.1 Å². The summed E-state index contributed by atoms with van der Waals surface area (Å²) in [6.45, 7) is -0.662. The number of carbonyl (C=O) groups excluding carboxylic acids is 2. The van der Waals surface area contributed by atoms with Gasteiger partial charge in [-0.15, -0.1) is 4.83 Å². The van der Waals surface area contributed by atoms with Crippen molar-refractivity contribution in [2.45, 2.75) is 4.90 Å². The molecular formula is C16H14FN3O5S. The van der Waals surface area contributed by atoms with Gasteiger partial charge in [0.25, 0.3) is 21.8 Å². The summed E-state index contributed by atoms with van der Waals surface area (Å²) in [5.41, 5.74) is 2.37. The molecule has 0 bridgehead atoms. The minimum atomic E-state index is -4.29. The van der Waals surface area contributed by atoms with Crippen LogP contribution in [0.25, 0.3) is 0 Å². The average Bonchev–Trinajstić information content (AvgIpc) is 2.63. The van der Waals surface area contributed by atoms with Gasteiger partial charge in [-0.05, 0) is 24.3 Å². The first-order valence-electron chi connectivity index (χ1n) is 7.46. The van der Waals surface area contributed by atoms with E-state index in [0.29, 0.717) is 11.4 Å². The lowest BCUT2D eigenvalue weighted by Crippen LogP contribution is -2.49. The average molecular weight is 379 g/mol. The van der Waals surface area contributed by atoms with Crippen LogP contribution in [0.1, 0.15) is 0 Å². The Bertz CT molecular complexity index is 964. The molecule has 26 heavy (non-hydrogen) atoms. The fourth-order valence-electron chi connectivity index (χ4n) is 2.35. The fourth-order valence-corrected chi connectivity index (χ4v) is 3.29. The second kappa shape index (κ2) is 7.10. The van der Waals surface area contributed by atoms with Gasteiger partial charge >= 0.3 is 0 Å². The van der Waals surface area contributed by atoms with Gasteiger partial charge in [-0.25, -0.2) is 12.8 Å². The number of nitrogens with zero attached hydrogens (tertiary/aromatic N) is 1. The van der Waals surface area contributed by atoms with Crippen LogP contribution < -0.4 is 19.9 Å². The lowest BCUT2D eigenvalue weighted by molar-refractivity contribution is -0.125. The first-order chi connectivity index (χ1) is 12.4. The molecule has 1 aliphatic heterocycles. The van der Waals surface area contributed by atoms with Gasteiger partial charge < -0.3 is 4.74 Å². The molecule has 2 aromatic carbocycles. The van der Waals surface area contributed by atoms with Gasteiger partial charge in [-0.3, -0.25) is 19.9 Å². The molecular weight excluding hydrogens is 365 g/mol. The zero-order valence-corrected chi connectivity index (χ0v) is 14.1. The molecule has 10 heteroatoms. The number of ether oxygens (including phenoxy) is 1. The van der Waals surface area contributed by atoms with Crippen molar-refractivity contribution in [3.8, 4) is 5.75 Å². The molecule has 0 aliphatic carbocycles. The lowest BCUT2D eigenvalue weighted by atomic mass is 10.2. The van der Waals surface area contributed by atoms with Crippen molar-refractivity contribution in [3.63, 3.8) is 0 Å². The number of hydrazine groups is 1. The molecule has 0 saturated heterocycles. The van der Waals surface area contributed by atoms with Crippen molar-refractivity contribution in [2.24, 2.45) is 0 Å². The number of benzene rings is 2. The maximum Gasteiger partial charge on any atom is 0.265 e. The lowest BCUT2D eigenvalue weighted by Gasteiger charge is -2.28. The summed E-state index contributed by atoms with van der Waals surface area (Å²) in [6, 6.07) is 11.4. The number of hydrogen-bond acceptors (Lipinski definition) is 5. The highest BCUT2D eigenvalue weighted by molar-refractivity contribution is 7.89. The van der Waals surface area contributed by atoms with Crippen molar-refractivity contribution < 1.29 is 27.1 Å². The van der Waals surface area contributed by atoms with Crippen molar-refractivity contribution in [1.29, 1.82) is 0 Å². The van der Waals surface area contributed by atoms with E-state index in [0.717, 1.165) is 12.1 Å². The number of para-hydroxylation sites is 2. The normalized spacial score (nSPS) is 13.7. The van der Waals surface area contributed by atoms with Crippen molar-refractivity contribution in [1.82, 2.24) is 10.3 Å². The van der Waals surface area contributed by atoms with E-state index < -0.39 is 39.1 Å². The van der Waals surface area contributed by atoms with E-state index in [1.165, 1.54) is 17.0 Å². The molecule has 2 aromatic rings. The third-order valence-electron chi connectivity index (χ3n) is 3.56. The van der Waals surface area contributed by atoms with Crippen LogP contribution in [0.2, 0.25) is 0 Å². The van der Waals surface area contributed by atoms with Crippen LogP contribution in [0.4, 0.5) is 10.1 Å². The van der Waals surface area contributed by atoms with Gasteiger partial charge in [0.15, 0.2) is 6.61 Å². The third-order valence-corrected chi connectivity index (χ3v) is 4.84. The quantitative estimate of drug-likeness (QED) is 0.739. The van der Waals surface area contributed by atoms with Crippen LogP contribution >= 0.6 is 0 Å².